The molecule has 0 bridgehead atoms. The van der Waals surface area contributed by atoms with Gasteiger partial charge in [-0.1, -0.05) is 29.8 Å². The Bertz CT molecular complexity index is 1050. The van der Waals surface area contributed by atoms with E-state index < -0.39 is 26.5 Å². The van der Waals surface area contributed by atoms with Gasteiger partial charge in [-0.2, -0.15) is 10.2 Å². The number of aryl methyl sites for hydroxylation is 1. The van der Waals surface area contributed by atoms with Crippen LogP contribution in [0, 0.1) is 24.1 Å². The Kier molecular flexibility index (Phi) is 4.38. The van der Waals surface area contributed by atoms with Crippen molar-refractivity contribution in [3.8, 4) is 17.5 Å². The van der Waals surface area contributed by atoms with Crippen molar-refractivity contribution >= 4 is 9.84 Å². The first-order chi connectivity index (χ1) is 11.9. The fourth-order valence-electron chi connectivity index (χ4n) is 2.27. The van der Waals surface area contributed by atoms with Crippen LogP contribution in [0.3, 0.4) is 0 Å². The van der Waals surface area contributed by atoms with Gasteiger partial charge in [0.1, 0.15) is 11.9 Å². The van der Waals surface area contributed by atoms with Crippen molar-refractivity contribution in [1.29, 1.82) is 5.26 Å². The Morgan fingerprint density at radius 3 is 2.36 bits per heavy atom. The number of oxazole rings is 1. The predicted octanol–water partition coefficient (Wildman–Crippen LogP) is 3.63. The molecule has 3 aromatic rings. The van der Waals surface area contributed by atoms with Gasteiger partial charge in [-0.25, -0.2) is 12.8 Å². The first-order valence-corrected chi connectivity index (χ1v) is 8.99. The molecule has 0 N–H and O–H groups in total. The molecule has 5 nitrogen and oxygen atoms in total. The van der Waals surface area contributed by atoms with Gasteiger partial charge in [-0.3, -0.25) is 0 Å². The monoisotopic (exact) mass is 356 g/mol. The topological polar surface area (TPSA) is 84.0 Å². The van der Waals surface area contributed by atoms with E-state index in [0.717, 1.165) is 5.56 Å². The number of rotatable bonds is 4. The molecule has 0 atom stereocenters. The van der Waals surface area contributed by atoms with Gasteiger partial charge >= 0.3 is 0 Å². The highest BCUT2D eigenvalue weighted by Gasteiger charge is 2.27. The van der Waals surface area contributed by atoms with E-state index in [4.69, 9.17) is 4.42 Å². The molecule has 2 aromatic carbocycles. The summed E-state index contributed by atoms with van der Waals surface area (Å²) in [5, 5.41) is 8.73. The van der Waals surface area contributed by atoms with Crippen LogP contribution in [0.15, 0.2) is 58.0 Å². The lowest BCUT2D eigenvalue weighted by molar-refractivity contribution is 0.457. The first kappa shape index (κ1) is 16.9. The quantitative estimate of drug-likeness (QED) is 0.713. The lowest BCUT2D eigenvalue weighted by atomic mass is 10.1. The van der Waals surface area contributed by atoms with Crippen LogP contribution >= 0.6 is 0 Å². The lowest BCUT2D eigenvalue weighted by Crippen LogP contribution is -2.05. The number of nitriles is 1. The zero-order valence-electron chi connectivity index (χ0n) is 13.2. The van der Waals surface area contributed by atoms with Crippen molar-refractivity contribution in [3.05, 3.63) is 71.2 Å². The second-order valence-electron chi connectivity index (χ2n) is 5.52. The Labute approximate surface area is 144 Å². The van der Waals surface area contributed by atoms with Gasteiger partial charge in [-0.05, 0) is 36.8 Å². The van der Waals surface area contributed by atoms with Crippen molar-refractivity contribution in [2.45, 2.75) is 17.8 Å². The van der Waals surface area contributed by atoms with Gasteiger partial charge < -0.3 is 4.42 Å². The van der Waals surface area contributed by atoms with Crippen LogP contribution in [0.4, 0.5) is 4.39 Å². The number of sulfone groups is 1. The van der Waals surface area contributed by atoms with E-state index in [1.165, 1.54) is 24.3 Å². The van der Waals surface area contributed by atoms with Crippen molar-refractivity contribution in [3.63, 3.8) is 0 Å². The van der Waals surface area contributed by atoms with E-state index in [-0.39, 0.29) is 11.6 Å². The summed E-state index contributed by atoms with van der Waals surface area (Å²) in [6.07, 6.45) is 0. The third kappa shape index (κ3) is 3.59. The van der Waals surface area contributed by atoms with Crippen LogP contribution in [0.25, 0.3) is 11.5 Å². The zero-order valence-corrected chi connectivity index (χ0v) is 14.0. The Hall–Kier alpha value is -2.98. The molecular weight excluding hydrogens is 343 g/mol. The third-order valence-corrected chi connectivity index (χ3v) is 5.11. The first-order valence-electron chi connectivity index (χ1n) is 7.34. The van der Waals surface area contributed by atoms with Crippen LogP contribution in [0.1, 0.15) is 16.8 Å². The van der Waals surface area contributed by atoms with E-state index in [0.29, 0.717) is 11.1 Å². The summed E-state index contributed by atoms with van der Waals surface area (Å²) in [6, 6.07) is 14.0. The molecule has 0 unspecified atom stereocenters. The van der Waals surface area contributed by atoms with Gasteiger partial charge in [0, 0.05) is 5.56 Å². The van der Waals surface area contributed by atoms with Crippen molar-refractivity contribution < 1.29 is 17.2 Å². The number of hydrogen-bond donors (Lipinski definition) is 0. The van der Waals surface area contributed by atoms with Crippen LogP contribution in [0.2, 0.25) is 0 Å². The summed E-state index contributed by atoms with van der Waals surface area (Å²) in [6.45, 7) is 1.92. The molecule has 0 saturated heterocycles. The fraction of sp³-hybridized carbons (Fsp3) is 0.111. The molecule has 126 valence electrons. The van der Waals surface area contributed by atoms with Crippen LogP contribution in [-0.2, 0) is 15.6 Å². The summed E-state index contributed by atoms with van der Waals surface area (Å²) < 4.78 is 43.5. The van der Waals surface area contributed by atoms with Crippen molar-refractivity contribution in [2.24, 2.45) is 0 Å². The van der Waals surface area contributed by atoms with Gasteiger partial charge in [0.25, 0.3) is 5.09 Å². The third-order valence-electron chi connectivity index (χ3n) is 3.55. The SMILES string of the molecule is Cc1ccc(-c2nc(C#N)c(S(=O)(=O)Cc3ccc(F)cc3)o2)cc1. The maximum Gasteiger partial charge on any atom is 0.257 e. The number of halogens is 1. The molecule has 0 amide bonds. The minimum atomic E-state index is -3.94. The molecule has 0 saturated carbocycles. The Morgan fingerprint density at radius 1 is 1.12 bits per heavy atom. The average molecular weight is 356 g/mol. The van der Waals surface area contributed by atoms with Crippen LogP contribution in [0.5, 0.6) is 0 Å². The van der Waals surface area contributed by atoms with E-state index in [1.54, 1.807) is 18.2 Å². The molecule has 25 heavy (non-hydrogen) atoms. The smallest absolute Gasteiger partial charge is 0.257 e. The van der Waals surface area contributed by atoms with Crippen LogP contribution < -0.4 is 0 Å². The summed E-state index contributed by atoms with van der Waals surface area (Å²) >= 11 is 0. The largest absolute Gasteiger partial charge is 0.423 e. The minimum absolute atomic E-state index is 0.0641. The number of aromatic nitrogens is 1. The van der Waals surface area contributed by atoms with E-state index in [9.17, 15) is 18.1 Å². The summed E-state index contributed by atoms with van der Waals surface area (Å²) in [7, 11) is -3.94. The summed E-state index contributed by atoms with van der Waals surface area (Å²) in [5.41, 5.74) is 1.70. The highest BCUT2D eigenvalue weighted by Crippen LogP contribution is 2.27. The highest BCUT2D eigenvalue weighted by atomic mass is 32.2. The van der Waals surface area contributed by atoms with Gasteiger partial charge in [0.2, 0.25) is 15.7 Å². The van der Waals surface area contributed by atoms with Gasteiger partial charge in [-0.15, -0.1) is 0 Å². The Morgan fingerprint density at radius 2 is 1.76 bits per heavy atom. The number of benzene rings is 2. The highest BCUT2D eigenvalue weighted by molar-refractivity contribution is 7.90. The number of nitrogens with zero attached hydrogens (tertiary/aromatic N) is 2. The molecule has 1 heterocycles. The molecule has 1 aromatic heterocycles. The van der Waals surface area contributed by atoms with E-state index in [2.05, 4.69) is 4.98 Å². The van der Waals surface area contributed by atoms with Crippen LogP contribution in [-0.4, -0.2) is 13.4 Å². The summed E-state index contributed by atoms with van der Waals surface area (Å²) in [5.74, 6) is -0.806. The van der Waals surface area contributed by atoms with Crippen molar-refractivity contribution in [1.82, 2.24) is 4.98 Å². The molecule has 0 aliphatic heterocycles. The van der Waals surface area contributed by atoms with E-state index >= 15 is 0 Å². The van der Waals surface area contributed by atoms with Gasteiger partial charge in [0.15, 0.2) is 5.69 Å². The average Bonchev–Trinajstić information content (AvgIpc) is 3.03. The second kappa shape index (κ2) is 6.49. The Balaban J connectivity index is 1.99. The lowest BCUT2D eigenvalue weighted by Gasteiger charge is -2.02. The van der Waals surface area contributed by atoms with Crippen molar-refractivity contribution in [2.75, 3.05) is 0 Å². The second-order valence-corrected chi connectivity index (χ2v) is 7.41. The molecule has 0 fully saturated rings. The molecule has 0 radical (unpaired) electrons. The molecule has 7 heteroatoms. The molecule has 0 aliphatic rings. The molecule has 0 spiro atoms. The minimum Gasteiger partial charge on any atom is -0.423 e. The molecule has 0 aliphatic carbocycles. The molecular formula is C18H13FN2O3S. The number of hydrogen-bond acceptors (Lipinski definition) is 5. The fourth-order valence-corrected chi connectivity index (χ4v) is 3.63. The zero-order chi connectivity index (χ0) is 18.0. The van der Waals surface area contributed by atoms with E-state index in [1.807, 2.05) is 19.1 Å². The standard InChI is InChI=1S/C18H13FN2O3S/c1-12-2-6-14(7-3-12)17-21-16(10-20)18(24-17)25(22,23)11-13-4-8-15(19)9-5-13/h2-9H,11H2,1H3. The molecule has 3 rings (SSSR count). The maximum absolute atomic E-state index is 13.0. The predicted molar refractivity (Wildman–Crippen MR) is 88.7 cm³/mol. The normalized spacial score (nSPS) is 11.2. The summed E-state index contributed by atoms with van der Waals surface area (Å²) in [4.78, 5) is 3.98. The van der Waals surface area contributed by atoms with Gasteiger partial charge in [0.05, 0.1) is 5.75 Å². The maximum atomic E-state index is 13.0.